The minimum Gasteiger partial charge on any atom is -0.317 e. The number of thiophene rings is 2. The standard InChI is InChI=1S/C7H5NS2/c8-4-6-3-5-1-2-9-7(5)10-6/h1-3H,8H2. The molecule has 0 aromatic carbocycles. The van der Waals surface area contributed by atoms with Crippen molar-refractivity contribution < 1.29 is 0 Å². The summed E-state index contributed by atoms with van der Waals surface area (Å²) in [6.45, 7) is 2.63. The first-order chi connectivity index (χ1) is 4.90. The van der Waals surface area contributed by atoms with E-state index in [0.29, 0.717) is 0 Å². The Morgan fingerprint density at radius 1 is 1.50 bits per heavy atom. The molecule has 2 aromatic heterocycles. The molecule has 3 heteroatoms. The Bertz CT molecular complexity index is 305. The van der Waals surface area contributed by atoms with Crippen LogP contribution in [0.2, 0.25) is 0 Å². The second-order valence-corrected chi connectivity index (χ2v) is 4.15. The summed E-state index contributed by atoms with van der Waals surface area (Å²) < 4.78 is 1.33. The van der Waals surface area contributed by atoms with E-state index in [-0.39, 0.29) is 0 Å². The molecule has 0 aliphatic rings. The van der Waals surface area contributed by atoms with Gasteiger partial charge in [0.25, 0.3) is 0 Å². The fourth-order valence-electron chi connectivity index (χ4n) is 0.837. The third-order valence-electron chi connectivity index (χ3n) is 1.29. The van der Waals surface area contributed by atoms with Gasteiger partial charge >= 0.3 is 0 Å². The zero-order chi connectivity index (χ0) is 6.97. The van der Waals surface area contributed by atoms with E-state index in [2.05, 4.69) is 24.1 Å². The maximum absolute atomic E-state index is 5.24. The van der Waals surface area contributed by atoms with Crippen LogP contribution in [0.25, 0.3) is 9.40 Å². The van der Waals surface area contributed by atoms with E-state index in [9.17, 15) is 0 Å². The van der Waals surface area contributed by atoms with E-state index in [1.165, 1.54) is 9.40 Å². The lowest BCUT2D eigenvalue weighted by Crippen LogP contribution is -1.86. The van der Waals surface area contributed by atoms with E-state index in [1.807, 2.05) is 0 Å². The van der Waals surface area contributed by atoms with Crippen molar-refractivity contribution in [2.75, 3.05) is 0 Å². The molecule has 0 amide bonds. The number of fused-ring (bicyclic) bond motifs is 1. The Labute approximate surface area is 67.1 Å². The molecule has 0 saturated heterocycles. The van der Waals surface area contributed by atoms with Gasteiger partial charge in [-0.05, 0) is 17.5 Å². The first-order valence-electron chi connectivity index (χ1n) is 2.84. The molecule has 0 aliphatic carbocycles. The van der Waals surface area contributed by atoms with E-state index in [4.69, 9.17) is 5.73 Å². The Morgan fingerprint density at radius 3 is 3.10 bits per heavy atom. The van der Waals surface area contributed by atoms with Gasteiger partial charge in [0.05, 0.1) is 4.01 Å². The summed E-state index contributed by atoms with van der Waals surface area (Å²) in [6, 6.07) is 4.15. The Hall–Kier alpha value is -0.380. The largest absolute Gasteiger partial charge is 0.317 e. The SMILES string of the molecule is N[C]c1cc2ccsc2s1. The highest BCUT2D eigenvalue weighted by Crippen LogP contribution is 2.30. The van der Waals surface area contributed by atoms with Crippen LogP contribution in [0.3, 0.4) is 0 Å². The molecule has 0 aliphatic heterocycles. The van der Waals surface area contributed by atoms with Crippen LogP contribution in [0.5, 0.6) is 0 Å². The van der Waals surface area contributed by atoms with Gasteiger partial charge in [-0.2, -0.15) is 0 Å². The molecule has 50 valence electrons. The van der Waals surface area contributed by atoms with E-state index >= 15 is 0 Å². The maximum atomic E-state index is 5.24. The van der Waals surface area contributed by atoms with Gasteiger partial charge in [0.15, 0.2) is 0 Å². The molecule has 0 atom stereocenters. The quantitative estimate of drug-likeness (QED) is 0.648. The van der Waals surface area contributed by atoms with Crippen molar-refractivity contribution in [3.05, 3.63) is 28.9 Å². The highest BCUT2D eigenvalue weighted by molar-refractivity contribution is 7.37. The fraction of sp³-hybridized carbons (Fsp3) is 0. The molecule has 0 unspecified atom stereocenters. The van der Waals surface area contributed by atoms with Gasteiger partial charge in [0, 0.05) is 10.3 Å². The van der Waals surface area contributed by atoms with Crippen LogP contribution in [0, 0.1) is 6.54 Å². The zero-order valence-electron chi connectivity index (χ0n) is 5.13. The van der Waals surface area contributed by atoms with Gasteiger partial charge in [-0.25, -0.2) is 0 Å². The summed E-state index contributed by atoms with van der Waals surface area (Å²) in [7, 11) is 0. The number of rotatable bonds is 1. The van der Waals surface area contributed by atoms with Crippen molar-refractivity contribution in [1.82, 2.24) is 0 Å². The predicted octanol–water partition coefficient (Wildman–Crippen LogP) is 2.31. The Kier molecular flexibility index (Phi) is 1.48. The van der Waals surface area contributed by atoms with Gasteiger partial charge < -0.3 is 5.73 Å². The molecule has 2 radical (unpaired) electrons. The lowest BCUT2D eigenvalue weighted by atomic mass is 10.4. The van der Waals surface area contributed by atoms with E-state index in [0.717, 1.165) is 4.88 Å². The fourth-order valence-corrected chi connectivity index (χ4v) is 2.76. The van der Waals surface area contributed by atoms with Crippen LogP contribution in [0.1, 0.15) is 4.88 Å². The molecule has 2 aromatic rings. The average Bonchev–Trinajstić information content (AvgIpc) is 2.42. The lowest BCUT2D eigenvalue weighted by Gasteiger charge is -1.78. The maximum Gasteiger partial charge on any atom is 0.101 e. The monoisotopic (exact) mass is 167 g/mol. The second-order valence-electron chi connectivity index (χ2n) is 1.92. The molecule has 0 spiro atoms. The second kappa shape index (κ2) is 2.34. The average molecular weight is 167 g/mol. The van der Waals surface area contributed by atoms with Crippen molar-refractivity contribution >= 4 is 32.1 Å². The van der Waals surface area contributed by atoms with Crippen molar-refractivity contribution in [2.24, 2.45) is 5.73 Å². The summed E-state index contributed by atoms with van der Waals surface area (Å²) in [5.74, 6) is 0. The summed E-state index contributed by atoms with van der Waals surface area (Å²) >= 11 is 3.43. The van der Waals surface area contributed by atoms with Crippen molar-refractivity contribution in [3.63, 3.8) is 0 Å². The number of nitrogens with two attached hydrogens (primary N) is 1. The third-order valence-corrected chi connectivity index (χ3v) is 3.43. The van der Waals surface area contributed by atoms with Crippen molar-refractivity contribution in [1.29, 1.82) is 0 Å². The number of hydrogen-bond acceptors (Lipinski definition) is 3. The van der Waals surface area contributed by atoms with Gasteiger partial charge in [-0.3, -0.25) is 0 Å². The summed E-state index contributed by atoms with van der Waals surface area (Å²) in [6.07, 6.45) is 0. The molecular weight excluding hydrogens is 162 g/mol. The minimum atomic E-state index is 1.03. The van der Waals surface area contributed by atoms with Gasteiger partial charge in [0.2, 0.25) is 0 Å². The van der Waals surface area contributed by atoms with Gasteiger partial charge in [0.1, 0.15) is 6.54 Å². The molecule has 1 nitrogen and oxygen atoms in total. The highest BCUT2D eigenvalue weighted by Gasteiger charge is 1.99. The van der Waals surface area contributed by atoms with E-state index in [1.54, 1.807) is 22.7 Å². The minimum absolute atomic E-state index is 1.03. The van der Waals surface area contributed by atoms with Crippen molar-refractivity contribution in [2.45, 2.75) is 0 Å². The Morgan fingerprint density at radius 2 is 2.40 bits per heavy atom. The summed E-state index contributed by atoms with van der Waals surface area (Å²) in [4.78, 5) is 1.03. The molecular formula is C7H5NS2. The molecule has 0 fully saturated rings. The van der Waals surface area contributed by atoms with Crippen LogP contribution >= 0.6 is 22.7 Å². The molecule has 0 saturated carbocycles. The van der Waals surface area contributed by atoms with Crippen LogP contribution in [0.4, 0.5) is 0 Å². The Balaban J connectivity index is 2.67. The highest BCUT2D eigenvalue weighted by atomic mass is 32.2. The van der Waals surface area contributed by atoms with Crippen LogP contribution in [-0.2, 0) is 0 Å². The van der Waals surface area contributed by atoms with Gasteiger partial charge in [-0.15, -0.1) is 22.7 Å². The van der Waals surface area contributed by atoms with Crippen molar-refractivity contribution in [3.8, 4) is 0 Å². The van der Waals surface area contributed by atoms with Crippen LogP contribution < -0.4 is 5.73 Å². The first kappa shape index (κ1) is 6.34. The summed E-state index contributed by atoms with van der Waals surface area (Å²) in [5, 5.41) is 3.37. The van der Waals surface area contributed by atoms with E-state index < -0.39 is 0 Å². The molecule has 0 bridgehead atoms. The van der Waals surface area contributed by atoms with Gasteiger partial charge in [-0.1, -0.05) is 0 Å². The molecule has 2 rings (SSSR count). The summed E-state index contributed by atoms with van der Waals surface area (Å²) in [5.41, 5.74) is 5.24. The number of hydrogen-bond donors (Lipinski definition) is 1. The third kappa shape index (κ3) is 0.868. The van der Waals surface area contributed by atoms with Crippen LogP contribution in [0.15, 0.2) is 17.5 Å². The first-order valence-corrected chi connectivity index (χ1v) is 4.53. The molecule has 2 N–H and O–H groups in total. The smallest absolute Gasteiger partial charge is 0.101 e. The predicted molar refractivity (Wildman–Crippen MR) is 46.2 cm³/mol. The normalized spacial score (nSPS) is 10.9. The molecule has 2 heterocycles. The zero-order valence-corrected chi connectivity index (χ0v) is 6.76. The topological polar surface area (TPSA) is 26.0 Å². The molecule has 10 heavy (non-hydrogen) atoms. The van der Waals surface area contributed by atoms with Crippen LogP contribution in [-0.4, -0.2) is 0 Å². The lowest BCUT2D eigenvalue weighted by molar-refractivity contribution is 1.42.